The number of nitrogens with one attached hydrogen (secondary N) is 2. The maximum Gasteiger partial charge on any atom is 0.191 e. The van der Waals surface area contributed by atoms with Crippen LogP contribution >= 0.6 is 0 Å². The van der Waals surface area contributed by atoms with E-state index in [-0.39, 0.29) is 0 Å². The molecule has 0 fully saturated rings. The van der Waals surface area contributed by atoms with Gasteiger partial charge in [0.15, 0.2) is 5.96 Å². The van der Waals surface area contributed by atoms with Gasteiger partial charge in [-0.3, -0.25) is 9.67 Å². The molecule has 0 radical (unpaired) electrons. The van der Waals surface area contributed by atoms with Crippen molar-refractivity contribution in [2.75, 3.05) is 27.3 Å². The van der Waals surface area contributed by atoms with Crippen LogP contribution in [-0.2, 0) is 13.1 Å². The van der Waals surface area contributed by atoms with E-state index in [1.54, 1.807) is 14.2 Å². The zero-order chi connectivity index (χ0) is 20.3. The van der Waals surface area contributed by atoms with Gasteiger partial charge in [-0.05, 0) is 29.8 Å². The van der Waals surface area contributed by atoms with Crippen molar-refractivity contribution < 1.29 is 9.47 Å². The normalized spacial score (nSPS) is 11.2. The lowest BCUT2D eigenvalue weighted by atomic mass is 10.2. The summed E-state index contributed by atoms with van der Waals surface area (Å²) in [6.45, 7) is 2.57. The van der Waals surface area contributed by atoms with E-state index in [2.05, 4.69) is 32.9 Å². The molecule has 3 aromatic rings. The topological polar surface area (TPSA) is 72.7 Å². The van der Waals surface area contributed by atoms with Crippen molar-refractivity contribution in [1.29, 1.82) is 0 Å². The molecular formula is C22H27N5O2. The van der Waals surface area contributed by atoms with Crippen molar-refractivity contribution in [2.24, 2.45) is 4.99 Å². The summed E-state index contributed by atoms with van der Waals surface area (Å²) in [7, 11) is 3.39. The number of hydrogen-bond acceptors (Lipinski definition) is 4. The highest BCUT2D eigenvalue weighted by Crippen LogP contribution is 2.16. The molecule has 0 aliphatic heterocycles. The number of guanidine groups is 1. The largest absolute Gasteiger partial charge is 0.497 e. The summed E-state index contributed by atoms with van der Waals surface area (Å²) in [5.41, 5.74) is 2.32. The molecule has 1 heterocycles. The molecule has 7 nitrogen and oxygen atoms in total. The first-order valence-corrected chi connectivity index (χ1v) is 9.53. The lowest BCUT2D eigenvalue weighted by Gasteiger charge is -2.12. The van der Waals surface area contributed by atoms with Crippen molar-refractivity contribution in [3.05, 3.63) is 78.1 Å². The fourth-order valence-electron chi connectivity index (χ4n) is 2.77. The molecule has 0 unspecified atom stereocenters. The van der Waals surface area contributed by atoms with Gasteiger partial charge in [-0.1, -0.05) is 30.3 Å². The van der Waals surface area contributed by atoms with E-state index < -0.39 is 0 Å². The summed E-state index contributed by atoms with van der Waals surface area (Å²) in [4.78, 5) is 4.24. The van der Waals surface area contributed by atoms with Crippen LogP contribution in [0.3, 0.4) is 0 Å². The fraction of sp³-hybridized carbons (Fsp3) is 0.273. The van der Waals surface area contributed by atoms with E-state index in [0.29, 0.717) is 19.7 Å². The lowest BCUT2D eigenvalue weighted by molar-refractivity contribution is 0.321. The minimum Gasteiger partial charge on any atom is -0.497 e. The predicted molar refractivity (Wildman–Crippen MR) is 114 cm³/mol. The number of aromatic nitrogens is 2. The van der Waals surface area contributed by atoms with Gasteiger partial charge in [0.1, 0.15) is 18.1 Å². The highest BCUT2D eigenvalue weighted by molar-refractivity contribution is 5.79. The monoisotopic (exact) mass is 393 g/mol. The number of benzene rings is 2. The van der Waals surface area contributed by atoms with E-state index in [0.717, 1.165) is 29.6 Å². The summed E-state index contributed by atoms with van der Waals surface area (Å²) in [6.07, 6.45) is 3.91. The molecule has 0 aliphatic carbocycles. The van der Waals surface area contributed by atoms with Crippen molar-refractivity contribution >= 4 is 5.96 Å². The van der Waals surface area contributed by atoms with Crippen LogP contribution in [-0.4, -0.2) is 43.0 Å². The maximum atomic E-state index is 5.71. The molecule has 0 atom stereocenters. The summed E-state index contributed by atoms with van der Waals surface area (Å²) in [5.74, 6) is 2.34. The Hall–Kier alpha value is -3.48. The van der Waals surface area contributed by atoms with Crippen LogP contribution in [0.1, 0.15) is 11.1 Å². The van der Waals surface area contributed by atoms with Gasteiger partial charge in [0.05, 0.1) is 26.4 Å². The predicted octanol–water partition coefficient (Wildman–Crippen LogP) is 2.68. The second-order valence-corrected chi connectivity index (χ2v) is 6.41. The Bertz CT molecular complexity index is 891. The second-order valence-electron chi connectivity index (χ2n) is 6.41. The maximum absolute atomic E-state index is 5.71. The number of rotatable bonds is 9. The zero-order valence-electron chi connectivity index (χ0n) is 16.8. The summed E-state index contributed by atoms with van der Waals surface area (Å²) in [5, 5.41) is 11.0. The van der Waals surface area contributed by atoms with Crippen LogP contribution in [0.2, 0.25) is 0 Å². The number of ether oxygens (including phenoxy) is 2. The highest BCUT2D eigenvalue weighted by atomic mass is 16.5. The van der Waals surface area contributed by atoms with Crippen LogP contribution in [0.15, 0.2) is 72.0 Å². The van der Waals surface area contributed by atoms with E-state index >= 15 is 0 Å². The SMILES string of the molecule is CN=C(NCCOc1ccc(OC)cc1)NCc1cnn(Cc2ccccc2)c1. The Balaban J connectivity index is 1.38. The van der Waals surface area contributed by atoms with Crippen molar-refractivity contribution in [3.63, 3.8) is 0 Å². The third-order valence-electron chi connectivity index (χ3n) is 4.28. The molecule has 0 saturated carbocycles. The third-order valence-corrected chi connectivity index (χ3v) is 4.28. The van der Waals surface area contributed by atoms with Crippen LogP contribution in [0.5, 0.6) is 11.5 Å². The van der Waals surface area contributed by atoms with E-state index in [1.165, 1.54) is 5.56 Å². The number of methoxy groups -OCH3 is 1. The quantitative estimate of drug-likeness (QED) is 0.332. The molecule has 2 aromatic carbocycles. The van der Waals surface area contributed by atoms with Crippen molar-refractivity contribution in [1.82, 2.24) is 20.4 Å². The van der Waals surface area contributed by atoms with Crippen LogP contribution in [0, 0.1) is 0 Å². The molecule has 0 bridgehead atoms. The van der Waals surface area contributed by atoms with Crippen molar-refractivity contribution in [3.8, 4) is 11.5 Å². The Morgan fingerprint density at radius 1 is 1.00 bits per heavy atom. The van der Waals surface area contributed by atoms with Gasteiger partial charge < -0.3 is 20.1 Å². The van der Waals surface area contributed by atoms with Gasteiger partial charge in [-0.25, -0.2) is 0 Å². The average Bonchev–Trinajstić information content (AvgIpc) is 3.21. The molecule has 0 amide bonds. The Kier molecular flexibility index (Phi) is 7.51. The molecule has 2 N–H and O–H groups in total. The molecule has 0 spiro atoms. The Morgan fingerprint density at radius 2 is 1.76 bits per heavy atom. The number of aliphatic imine (C=N–C) groups is 1. The molecule has 29 heavy (non-hydrogen) atoms. The number of hydrogen-bond donors (Lipinski definition) is 2. The van der Waals surface area contributed by atoms with Gasteiger partial charge >= 0.3 is 0 Å². The molecule has 7 heteroatoms. The van der Waals surface area contributed by atoms with Gasteiger partial charge in [-0.2, -0.15) is 5.10 Å². The summed E-state index contributed by atoms with van der Waals surface area (Å²) in [6, 6.07) is 17.8. The van der Waals surface area contributed by atoms with E-state index in [1.807, 2.05) is 59.5 Å². The zero-order valence-corrected chi connectivity index (χ0v) is 16.8. The molecule has 1 aromatic heterocycles. The molecule has 0 aliphatic rings. The third kappa shape index (κ3) is 6.57. The van der Waals surface area contributed by atoms with Gasteiger partial charge in [-0.15, -0.1) is 0 Å². The van der Waals surface area contributed by atoms with Crippen LogP contribution in [0.25, 0.3) is 0 Å². The average molecular weight is 393 g/mol. The molecule has 152 valence electrons. The first-order chi connectivity index (χ1) is 14.3. The van der Waals surface area contributed by atoms with E-state index in [9.17, 15) is 0 Å². The van der Waals surface area contributed by atoms with E-state index in [4.69, 9.17) is 9.47 Å². The number of nitrogens with zero attached hydrogens (tertiary/aromatic N) is 3. The minimum absolute atomic E-state index is 0.530. The first-order valence-electron chi connectivity index (χ1n) is 9.53. The van der Waals surface area contributed by atoms with Crippen molar-refractivity contribution in [2.45, 2.75) is 13.1 Å². The van der Waals surface area contributed by atoms with Gasteiger partial charge in [0.2, 0.25) is 0 Å². The van der Waals surface area contributed by atoms with Gasteiger partial charge in [0.25, 0.3) is 0 Å². The molecule has 0 saturated heterocycles. The second kappa shape index (κ2) is 10.8. The van der Waals surface area contributed by atoms with Crippen LogP contribution in [0.4, 0.5) is 0 Å². The minimum atomic E-state index is 0.530. The summed E-state index contributed by atoms with van der Waals surface area (Å²) >= 11 is 0. The molecule has 3 rings (SSSR count). The van der Waals surface area contributed by atoms with Gasteiger partial charge in [0, 0.05) is 25.4 Å². The summed E-state index contributed by atoms with van der Waals surface area (Å²) < 4.78 is 12.8. The Labute approximate surface area is 171 Å². The smallest absolute Gasteiger partial charge is 0.191 e. The fourth-order valence-corrected chi connectivity index (χ4v) is 2.77. The van der Waals surface area contributed by atoms with Crippen LogP contribution < -0.4 is 20.1 Å². The molecular weight excluding hydrogens is 366 g/mol. The lowest BCUT2D eigenvalue weighted by Crippen LogP contribution is -2.38. The highest BCUT2D eigenvalue weighted by Gasteiger charge is 2.02. The first kappa shape index (κ1) is 20.3. The standard InChI is InChI=1S/C22H27N5O2/c1-23-22(24-12-13-29-21-10-8-20(28-2)9-11-21)25-14-19-15-26-27(17-19)16-18-6-4-3-5-7-18/h3-11,15,17H,12-14,16H2,1-2H3,(H2,23,24,25). The Morgan fingerprint density at radius 3 is 2.48 bits per heavy atom.